The van der Waals surface area contributed by atoms with Gasteiger partial charge in [0, 0.05) is 19.2 Å². The predicted molar refractivity (Wildman–Crippen MR) is 83.4 cm³/mol. The van der Waals surface area contributed by atoms with Gasteiger partial charge < -0.3 is 9.88 Å². The zero-order valence-electron chi connectivity index (χ0n) is 12.4. The molecule has 1 aromatic carbocycles. The number of nitrogens with zero attached hydrogens (tertiary/aromatic N) is 4. The van der Waals surface area contributed by atoms with Crippen LogP contribution < -0.4 is 5.32 Å². The number of anilines is 1. The second-order valence-corrected chi connectivity index (χ2v) is 5.77. The van der Waals surface area contributed by atoms with Crippen molar-refractivity contribution < 1.29 is 4.79 Å². The first-order valence-corrected chi connectivity index (χ1v) is 7.44. The van der Waals surface area contributed by atoms with Crippen molar-refractivity contribution in [1.82, 2.24) is 19.3 Å². The highest BCUT2D eigenvalue weighted by atomic mass is 16.2. The molecule has 3 aromatic rings. The summed E-state index contributed by atoms with van der Waals surface area (Å²) in [7, 11) is 2.00. The van der Waals surface area contributed by atoms with Crippen LogP contribution >= 0.6 is 0 Å². The van der Waals surface area contributed by atoms with Gasteiger partial charge >= 0.3 is 0 Å². The molecule has 6 nitrogen and oxygen atoms in total. The number of amides is 1. The lowest BCUT2D eigenvalue weighted by atomic mass is 10.3. The zero-order chi connectivity index (χ0) is 15.1. The van der Waals surface area contributed by atoms with Gasteiger partial charge in [-0.3, -0.25) is 9.48 Å². The number of nitrogens with one attached hydrogen (secondary N) is 1. The summed E-state index contributed by atoms with van der Waals surface area (Å²) >= 11 is 0. The minimum atomic E-state index is 0.0993. The number of hydrogen-bond acceptors (Lipinski definition) is 3. The summed E-state index contributed by atoms with van der Waals surface area (Å²) in [5.41, 5.74) is 2.83. The molecule has 1 aliphatic carbocycles. The van der Waals surface area contributed by atoms with Crippen molar-refractivity contribution in [3.63, 3.8) is 0 Å². The molecule has 4 rings (SSSR count). The maximum atomic E-state index is 11.7. The molecule has 1 aliphatic rings. The van der Waals surface area contributed by atoms with Gasteiger partial charge in [-0.2, -0.15) is 5.10 Å². The maximum absolute atomic E-state index is 11.7. The highest BCUT2D eigenvalue weighted by Gasteiger charge is 2.29. The van der Waals surface area contributed by atoms with Crippen molar-refractivity contribution in [2.45, 2.75) is 19.4 Å². The Labute approximate surface area is 127 Å². The summed E-state index contributed by atoms with van der Waals surface area (Å²) in [6, 6.07) is 8.05. The fraction of sp³-hybridized carbons (Fsp3) is 0.312. The van der Waals surface area contributed by atoms with Gasteiger partial charge in [-0.1, -0.05) is 12.1 Å². The standard InChI is InChI=1S/C16H17N5O/c1-20-14-5-3-2-4-13(14)19-15(20)10-21-9-12(8-17-21)18-16(22)11-6-7-11/h2-5,8-9,11H,6-7,10H2,1H3,(H,18,22). The first-order chi connectivity index (χ1) is 10.7. The summed E-state index contributed by atoms with van der Waals surface area (Å²) < 4.78 is 3.86. The third-order valence-corrected chi connectivity index (χ3v) is 4.03. The Morgan fingerprint density at radius 1 is 1.36 bits per heavy atom. The normalized spacial score (nSPS) is 14.4. The first kappa shape index (κ1) is 13.1. The van der Waals surface area contributed by atoms with Crippen LogP contribution in [0, 0.1) is 5.92 Å². The Morgan fingerprint density at radius 2 is 2.18 bits per heavy atom. The number of hydrogen-bond donors (Lipinski definition) is 1. The molecule has 1 amide bonds. The molecule has 2 aromatic heterocycles. The first-order valence-electron chi connectivity index (χ1n) is 7.44. The third-order valence-electron chi connectivity index (χ3n) is 4.03. The fourth-order valence-corrected chi connectivity index (χ4v) is 2.59. The molecule has 2 heterocycles. The van der Waals surface area contributed by atoms with Gasteiger partial charge in [0.2, 0.25) is 5.91 Å². The number of imidazole rings is 1. The van der Waals surface area contributed by atoms with Crippen LogP contribution in [0.15, 0.2) is 36.7 Å². The van der Waals surface area contributed by atoms with Gasteiger partial charge in [0.05, 0.1) is 29.5 Å². The highest BCUT2D eigenvalue weighted by molar-refractivity contribution is 5.93. The summed E-state index contributed by atoms with van der Waals surface area (Å²) in [6.45, 7) is 0.574. The van der Waals surface area contributed by atoms with Crippen LogP contribution in [-0.2, 0) is 18.4 Å². The number of aromatic nitrogens is 4. The van der Waals surface area contributed by atoms with E-state index in [-0.39, 0.29) is 11.8 Å². The van der Waals surface area contributed by atoms with E-state index in [0.717, 1.165) is 35.4 Å². The lowest BCUT2D eigenvalue weighted by Crippen LogP contribution is -2.12. The van der Waals surface area contributed by atoms with E-state index >= 15 is 0 Å². The Kier molecular flexibility index (Phi) is 2.96. The van der Waals surface area contributed by atoms with E-state index < -0.39 is 0 Å². The van der Waals surface area contributed by atoms with Crippen molar-refractivity contribution in [3.8, 4) is 0 Å². The van der Waals surface area contributed by atoms with E-state index in [0.29, 0.717) is 6.54 Å². The van der Waals surface area contributed by atoms with Crippen LogP contribution in [0.3, 0.4) is 0 Å². The molecule has 0 radical (unpaired) electrons. The monoisotopic (exact) mass is 295 g/mol. The number of aryl methyl sites for hydroxylation is 1. The predicted octanol–water partition coefficient (Wildman–Crippen LogP) is 2.17. The van der Waals surface area contributed by atoms with Crippen molar-refractivity contribution in [1.29, 1.82) is 0 Å². The zero-order valence-corrected chi connectivity index (χ0v) is 12.4. The largest absolute Gasteiger partial charge is 0.330 e. The molecule has 22 heavy (non-hydrogen) atoms. The molecule has 0 bridgehead atoms. The second-order valence-electron chi connectivity index (χ2n) is 5.77. The minimum Gasteiger partial charge on any atom is -0.330 e. The van der Waals surface area contributed by atoms with E-state index in [9.17, 15) is 4.79 Å². The fourth-order valence-electron chi connectivity index (χ4n) is 2.59. The van der Waals surface area contributed by atoms with Gasteiger partial charge in [0.15, 0.2) is 0 Å². The number of rotatable bonds is 4. The Bertz CT molecular complexity index is 843. The van der Waals surface area contributed by atoms with Crippen molar-refractivity contribution in [2.24, 2.45) is 13.0 Å². The van der Waals surface area contributed by atoms with E-state index in [1.807, 2.05) is 31.4 Å². The Hall–Kier alpha value is -2.63. The molecule has 1 saturated carbocycles. The van der Waals surface area contributed by atoms with Gasteiger partial charge in [-0.15, -0.1) is 0 Å². The molecule has 112 valence electrons. The molecule has 0 spiro atoms. The van der Waals surface area contributed by atoms with E-state index in [1.54, 1.807) is 10.9 Å². The molecule has 1 fully saturated rings. The van der Waals surface area contributed by atoms with Crippen LogP contribution in [0.2, 0.25) is 0 Å². The smallest absolute Gasteiger partial charge is 0.227 e. The van der Waals surface area contributed by atoms with E-state index in [2.05, 4.69) is 26.0 Å². The van der Waals surface area contributed by atoms with Crippen LogP contribution in [-0.4, -0.2) is 25.2 Å². The number of para-hydroxylation sites is 2. The summed E-state index contributed by atoms with van der Waals surface area (Å²) in [4.78, 5) is 16.4. The SMILES string of the molecule is Cn1c(Cn2cc(NC(=O)C3CC3)cn2)nc2ccccc21. The maximum Gasteiger partial charge on any atom is 0.227 e. The summed E-state index contributed by atoms with van der Waals surface area (Å²) in [6.07, 6.45) is 5.53. The molecule has 0 aliphatic heterocycles. The lowest BCUT2D eigenvalue weighted by Gasteiger charge is -2.03. The second kappa shape index (κ2) is 4.98. The molecular weight excluding hydrogens is 278 g/mol. The number of benzene rings is 1. The molecular formula is C16H17N5O. The number of carbonyl (C=O) groups excluding carboxylic acids is 1. The van der Waals surface area contributed by atoms with Crippen LogP contribution in [0.1, 0.15) is 18.7 Å². The van der Waals surface area contributed by atoms with Crippen LogP contribution in [0.5, 0.6) is 0 Å². The third kappa shape index (κ3) is 2.36. The molecule has 0 saturated heterocycles. The van der Waals surface area contributed by atoms with Crippen molar-refractivity contribution in [2.75, 3.05) is 5.32 Å². The topological polar surface area (TPSA) is 64.7 Å². The Morgan fingerprint density at radius 3 is 2.95 bits per heavy atom. The molecule has 0 unspecified atom stereocenters. The van der Waals surface area contributed by atoms with Gasteiger partial charge in [0.25, 0.3) is 0 Å². The van der Waals surface area contributed by atoms with E-state index in [4.69, 9.17) is 0 Å². The summed E-state index contributed by atoms with van der Waals surface area (Å²) in [5, 5.41) is 7.21. The molecule has 6 heteroatoms. The molecule has 0 atom stereocenters. The van der Waals surface area contributed by atoms with Crippen LogP contribution in [0.4, 0.5) is 5.69 Å². The average molecular weight is 295 g/mol. The van der Waals surface area contributed by atoms with Crippen LogP contribution in [0.25, 0.3) is 11.0 Å². The van der Waals surface area contributed by atoms with Crippen molar-refractivity contribution in [3.05, 3.63) is 42.5 Å². The number of carbonyl (C=O) groups is 1. The quantitative estimate of drug-likeness (QED) is 0.802. The Balaban J connectivity index is 1.53. The number of fused-ring (bicyclic) bond motifs is 1. The van der Waals surface area contributed by atoms with Gasteiger partial charge in [0.1, 0.15) is 5.82 Å². The summed E-state index contributed by atoms with van der Waals surface area (Å²) in [5.74, 6) is 1.23. The highest BCUT2D eigenvalue weighted by Crippen LogP contribution is 2.30. The lowest BCUT2D eigenvalue weighted by molar-refractivity contribution is -0.117. The van der Waals surface area contributed by atoms with Gasteiger partial charge in [-0.05, 0) is 25.0 Å². The molecule has 1 N–H and O–H groups in total. The van der Waals surface area contributed by atoms with E-state index in [1.165, 1.54) is 0 Å². The van der Waals surface area contributed by atoms with Gasteiger partial charge in [-0.25, -0.2) is 4.98 Å². The minimum absolute atomic E-state index is 0.0993. The average Bonchev–Trinajstić information content (AvgIpc) is 3.22. The van der Waals surface area contributed by atoms with Crippen molar-refractivity contribution >= 4 is 22.6 Å².